The number of amides is 1. The zero-order valence-corrected chi connectivity index (χ0v) is 13.3. The van der Waals surface area contributed by atoms with E-state index in [1.165, 1.54) is 0 Å². The van der Waals surface area contributed by atoms with Gasteiger partial charge in [0.05, 0.1) is 5.56 Å². The molecule has 1 N–H and O–H groups in total. The molecule has 0 aromatic heterocycles. The average Bonchev–Trinajstić information content (AvgIpc) is 2.39. The Morgan fingerprint density at radius 3 is 2.74 bits per heavy atom. The van der Waals surface area contributed by atoms with Crippen molar-refractivity contribution in [3.8, 4) is 0 Å². The van der Waals surface area contributed by atoms with Crippen molar-refractivity contribution in [3.05, 3.63) is 67.7 Å². The first-order valence-electron chi connectivity index (χ1n) is 5.85. The van der Waals surface area contributed by atoms with Crippen LogP contribution < -0.4 is 5.32 Å². The Morgan fingerprint density at radius 2 is 2.00 bits per heavy atom. The van der Waals surface area contributed by atoms with E-state index in [9.17, 15) is 4.79 Å². The van der Waals surface area contributed by atoms with Gasteiger partial charge in [0.15, 0.2) is 0 Å². The second-order valence-corrected chi connectivity index (χ2v) is 5.76. The van der Waals surface area contributed by atoms with E-state index in [1.54, 1.807) is 0 Å². The van der Waals surface area contributed by atoms with E-state index < -0.39 is 0 Å². The van der Waals surface area contributed by atoms with Crippen molar-refractivity contribution in [2.24, 2.45) is 0 Å². The molecule has 0 saturated carbocycles. The van der Waals surface area contributed by atoms with Crippen molar-refractivity contribution in [3.63, 3.8) is 0 Å². The quantitative estimate of drug-likeness (QED) is 0.789. The predicted molar refractivity (Wildman–Crippen MR) is 86.5 cm³/mol. The lowest BCUT2D eigenvalue weighted by atomic mass is 10.1. The van der Waals surface area contributed by atoms with E-state index in [-0.39, 0.29) is 5.91 Å². The van der Waals surface area contributed by atoms with Gasteiger partial charge in [-0.15, -0.1) is 0 Å². The number of carbonyl (C=O) groups is 1. The van der Waals surface area contributed by atoms with Gasteiger partial charge in [-0.1, -0.05) is 35.9 Å². The lowest BCUT2D eigenvalue weighted by Crippen LogP contribution is -2.23. The summed E-state index contributed by atoms with van der Waals surface area (Å²) in [7, 11) is 0. The maximum absolute atomic E-state index is 12.1. The summed E-state index contributed by atoms with van der Waals surface area (Å²) in [4.78, 5) is 12.1. The fraction of sp³-hybridized carbons (Fsp3) is 0.133. The first-order valence-corrected chi connectivity index (χ1v) is 7.31. The highest BCUT2D eigenvalue weighted by molar-refractivity contribution is 14.1. The standard InChI is InChI=1S/C15H13ClINO/c1-10-4-2-7-13(14(10)17)15(19)18-9-11-5-3-6-12(16)8-11/h2-8H,9H2,1H3,(H,18,19). The van der Waals surface area contributed by atoms with Gasteiger partial charge in [-0.25, -0.2) is 0 Å². The molecule has 0 aliphatic heterocycles. The summed E-state index contributed by atoms with van der Waals surface area (Å²) in [6.07, 6.45) is 0. The largest absolute Gasteiger partial charge is 0.348 e. The first-order chi connectivity index (χ1) is 9.08. The zero-order chi connectivity index (χ0) is 13.8. The summed E-state index contributed by atoms with van der Waals surface area (Å²) in [6, 6.07) is 13.2. The topological polar surface area (TPSA) is 29.1 Å². The Kier molecular flexibility index (Phi) is 4.82. The van der Waals surface area contributed by atoms with Crippen LogP contribution in [0.2, 0.25) is 5.02 Å². The number of nitrogens with one attached hydrogen (secondary N) is 1. The summed E-state index contributed by atoms with van der Waals surface area (Å²) >= 11 is 8.11. The SMILES string of the molecule is Cc1cccc(C(=O)NCc2cccc(Cl)c2)c1I. The van der Waals surface area contributed by atoms with Crippen molar-refractivity contribution in [2.45, 2.75) is 13.5 Å². The summed E-state index contributed by atoms with van der Waals surface area (Å²) < 4.78 is 0.990. The Morgan fingerprint density at radius 1 is 1.26 bits per heavy atom. The van der Waals surface area contributed by atoms with Crippen LogP contribution in [-0.4, -0.2) is 5.91 Å². The molecule has 2 rings (SSSR count). The van der Waals surface area contributed by atoms with Crippen molar-refractivity contribution in [1.29, 1.82) is 0 Å². The van der Waals surface area contributed by atoms with Gasteiger partial charge in [0.2, 0.25) is 0 Å². The molecule has 1 amide bonds. The van der Waals surface area contributed by atoms with Gasteiger partial charge < -0.3 is 5.32 Å². The Labute approximate surface area is 131 Å². The number of aryl methyl sites for hydroxylation is 1. The second-order valence-electron chi connectivity index (χ2n) is 4.25. The van der Waals surface area contributed by atoms with Gasteiger partial charge in [0, 0.05) is 15.1 Å². The molecule has 2 aromatic rings. The van der Waals surface area contributed by atoms with Crippen LogP contribution in [0.25, 0.3) is 0 Å². The number of halogens is 2. The molecule has 4 heteroatoms. The summed E-state index contributed by atoms with van der Waals surface area (Å²) in [6.45, 7) is 2.47. The van der Waals surface area contributed by atoms with Gasteiger partial charge in [-0.2, -0.15) is 0 Å². The fourth-order valence-electron chi connectivity index (χ4n) is 1.75. The highest BCUT2D eigenvalue weighted by atomic mass is 127. The lowest BCUT2D eigenvalue weighted by Gasteiger charge is -2.08. The fourth-order valence-corrected chi connectivity index (χ4v) is 2.56. The van der Waals surface area contributed by atoms with Crippen LogP contribution in [0.4, 0.5) is 0 Å². The summed E-state index contributed by atoms with van der Waals surface area (Å²) in [5.41, 5.74) is 2.81. The molecule has 2 nitrogen and oxygen atoms in total. The Hall–Kier alpha value is -1.07. The first kappa shape index (κ1) is 14.3. The molecule has 0 atom stereocenters. The van der Waals surface area contributed by atoms with E-state index in [2.05, 4.69) is 27.9 Å². The molecule has 0 aliphatic rings. The minimum Gasteiger partial charge on any atom is -0.348 e. The maximum atomic E-state index is 12.1. The Balaban J connectivity index is 2.08. The molecule has 0 heterocycles. The lowest BCUT2D eigenvalue weighted by molar-refractivity contribution is 0.0950. The number of hydrogen-bond acceptors (Lipinski definition) is 1. The molecule has 2 aromatic carbocycles. The molecule has 0 saturated heterocycles. The van der Waals surface area contributed by atoms with E-state index in [1.807, 2.05) is 49.4 Å². The van der Waals surface area contributed by atoms with Gasteiger partial charge in [0.1, 0.15) is 0 Å². The molecule has 0 spiro atoms. The van der Waals surface area contributed by atoms with E-state index in [4.69, 9.17) is 11.6 Å². The molecule has 0 aliphatic carbocycles. The van der Waals surface area contributed by atoms with Gasteiger partial charge in [-0.3, -0.25) is 4.79 Å². The molecular weight excluding hydrogens is 373 g/mol. The molecule has 19 heavy (non-hydrogen) atoms. The van der Waals surface area contributed by atoms with Crippen molar-refractivity contribution < 1.29 is 4.79 Å². The van der Waals surface area contributed by atoms with Crippen LogP contribution in [0.1, 0.15) is 21.5 Å². The van der Waals surface area contributed by atoms with Crippen molar-refractivity contribution >= 4 is 40.1 Å². The molecule has 0 fully saturated rings. The van der Waals surface area contributed by atoms with E-state index in [0.717, 1.165) is 14.7 Å². The Bertz CT molecular complexity index is 613. The predicted octanol–water partition coefficient (Wildman–Crippen LogP) is 4.18. The highest BCUT2D eigenvalue weighted by Gasteiger charge is 2.10. The minimum atomic E-state index is -0.0620. The van der Waals surface area contributed by atoms with Crippen LogP contribution in [0, 0.1) is 10.5 Å². The molecular formula is C15H13ClINO. The van der Waals surface area contributed by atoms with Crippen molar-refractivity contribution in [1.82, 2.24) is 5.32 Å². The average molecular weight is 386 g/mol. The van der Waals surface area contributed by atoms with Crippen LogP contribution >= 0.6 is 34.2 Å². The third-order valence-electron chi connectivity index (χ3n) is 2.78. The molecule has 0 unspecified atom stereocenters. The van der Waals surface area contributed by atoms with Gasteiger partial charge >= 0.3 is 0 Å². The number of benzene rings is 2. The van der Waals surface area contributed by atoms with E-state index >= 15 is 0 Å². The van der Waals surface area contributed by atoms with Crippen LogP contribution in [0.5, 0.6) is 0 Å². The van der Waals surface area contributed by atoms with Crippen molar-refractivity contribution in [2.75, 3.05) is 0 Å². The minimum absolute atomic E-state index is 0.0620. The second kappa shape index (κ2) is 6.39. The van der Waals surface area contributed by atoms with Crippen LogP contribution in [0.3, 0.4) is 0 Å². The number of carbonyl (C=O) groups excluding carboxylic acids is 1. The van der Waals surface area contributed by atoms with Gasteiger partial charge in [-0.05, 0) is 58.8 Å². The zero-order valence-electron chi connectivity index (χ0n) is 10.4. The molecule has 98 valence electrons. The highest BCUT2D eigenvalue weighted by Crippen LogP contribution is 2.17. The molecule has 0 bridgehead atoms. The van der Waals surface area contributed by atoms with Crippen LogP contribution in [0.15, 0.2) is 42.5 Å². The monoisotopic (exact) mass is 385 g/mol. The maximum Gasteiger partial charge on any atom is 0.252 e. The summed E-state index contributed by atoms with van der Waals surface area (Å²) in [5, 5.41) is 3.59. The van der Waals surface area contributed by atoms with Gasteiger partial charge in [0.25, 0.3) is 5.91 Å². The number of hydrogen-bond donors (Lipinski definition) is 1. The molecule has 0 radical (unpaired) electrons. The normalized spacial score (nSPS) is 10.3. The number of rotatable bonds is 3. The third-order valence-corrected chi connectivity index (χ3v) is 4.45. The van der Waals surface area contributed by atoms with Crippen LogP contribution in [-0.2, 0) is 6.54 Å². The third kappa shape index (κ3) is 3.70. The van der Waals surface area contributed by atoms with E-state index in [0.29, 0.717) is 17.1 Å². The summed E-state index contributed by atoms with van der Waals surface area (Å²) in [5.74, 6) is -0.0620. The smallest absolute Gasteiger partial charge is 0.252 e.